The molecule has 1 atom stereocenters. The Morgan fingerprint density at radius 2 is 1.35 bits per heavy atom. The number of rotatable bonds is 2. The van der Waals surface area contributed by atoms with Gasteiger partial charge in [0, 0.05) is 0 Å². The van der Waals surface area contributed by atoms with E-state index in [1.54, 1.807) is 0 Å². The van der Waals surface area contributed by atoms with E-state index in [4.69, 9.17) is 0 Å². The first-order valence-electron chi connectivity index (χ1n) is 6.85. The molecule has 1 aliphatic rings. The van der Waals surface area contributed by atoms with Gasteiger partial charge in [-0.15, -0.1) is 23.3 Å². The van der Waals surface area contributed by atoms with E-state index >= 15 is 0 Å². The summed E-state index contributed by atoms with van der Waals surface area (Å²) < 4.78 is 0. The van der Waals surface area contributed by atoms with Gasteiger partial charge in [-0.3, -0.25) is 0 Å². The van der Waals surface area contributed by atoms with Crippen LogP contribution in [0.3, 0.4) is 0 Å². The Bertz CT molecular complexity index is 642. The first kappa shape index (κ1) is 25.2. The molecule has 0 radical (unpaired) electrons. The molecule has 0 heterocycles. The molecule has 0 bridgehead atoms. The minimum atomic E-state index is -1.56. The van der Waals surface area contributed by atoms with Crippen molar-refractivity contribution in [3.8, 4) is 0 Å². The minimum Gasteiger partial charge on any atom is -1.00 e. The van der Waals surface area contributed by atoms with E-state index in [9.17, 15) is 0 Å². The van der Waals surface area contributed by atoms with Gasteiger partial charge in [-0.05, 0) is 0 Å². The average Bonchev–Trinajstić information content (AvgIpc) is 2.76. The molecule has 0 N–H and O–H groups in total. The molecule has 1 unspecified atom stereocenters. The summed E-state index contributed by atoms with van der Waals surface area (Å²) in [5.74, 6) is 0. The number of hydrogen-bond donors (Lipinski definition) is 0. The van der Waals surface area contributed by atoms with Crippen molar-refractivity contribution in [3.63, 3.8) is 0 Å². The van der Waals surface area contributed by atoms with Crippen molar-refractivity contribution in [2.75, 3.05) is 0 Å². The maximum Gasteiger partial charge on any atom is 4.00 e. The van der Waals surface area contributed by atoms with Crippen LogP contribution in [0.4, 0.5) is 0 Å². The van der Waals surface area contributed by atoms with Gasteiger partial charge in [0.1, 0.15) is 0 Å². The molecule has 2 aromatic rings. The third-order valence-corrected chi connectivity index (χ3v) is 8.28. The van der Waals surface area contributed by atoms with E-state index in [2.05, 4.69) is 80.7 Å². The fourth-order valence-electron chi connectivity index (χ4n) is 3.34. The number of hydrogen-bond acceptors (Lipinski definition) is 0. The largest absolute Gasteiger partial charge is 4.00 e. The fourth-order valence-corrected chi connectivity index (χ4v) is 6.91. The van der Waals surface area contributed by atoms with Gasteiger partial charge in [-0.1, -0.05) is 67.1 Å². The predicted octanol–water partition coefficient (Wildman–Crippen LogP) is -4.95. The molecule has 0 amide bonds. The molecule has 0 aromatic heterocycles. The van der Waals surface area contributed by atoms with E-state index in [1.807, 2.05) is 0 Å². The molecule has 0 fully saturated rings. The van der Waals surface area contributed by atoms with Crippen molar-refractivity contribution >= 4 is 13.3 Å². The second-order valence-corrected chi connectivity index (χ2v) is 10.5. The first-order chi connectivity index (χ1) is 9.10. The molecule has 0 spiro atoms. The number of benzene rings is 2. The van der Waals surface area contributed by atoms with Crippen molar-refractivity contribution in [2.24, 2.45) is 0 Å². The molecule has 3 rings (SSSR count). The van der Waals surface area contributed by atoms with E-state index in [1.165, 1.54) is 21.9 Å². The Labute approximate surface area is 174 Å². The SMILES string of the molecule is CC1=[C-]c2ccccc2C1[Si](C)(C)c1ccccc1.[Cl-].[Cl-].[Cl-].[Ti+4]. The van der Waals surface area contributed by atoms with Crippen molar-refractivity contribution < 1.29 is 58.9 Å². The summed E-state index contributed by atoms with van der Waals surface area (Å²) in [4.78, 5) is 0. The van der Waals surface area contributed by atoms with Gasteiger partial charge < -0.3 is 37.2 Å². The van der Waals surface area contributed by atoms with E-state index in [-0.39, 0.29) is 58.9 Å². The number of fused-ring (bicyclic) bond motifs is 1. The van der Waals surface area contributed by atoms with Crippen molar-refractivity contribution in [1.82, 2.24) is 0 Å². The topological polar surface area (TPSA) is 0 Å². The first-order valence-corrected chi connectivity index (χ1v) is 9.93. The van der Waals surface area contributed by atoms with Crippen LogP contribution in [0.25, 0.3) is 0 Å². The zero-order chi connectivity index (χ0) is 13.5. The molecule has 0 nitrogen and oxygen atoms in total. The molecule has 5 heteroatoms. The molecule has 1 aliphatic carbocycles. The van der Waals surface area contributed by atoms with E-state index in [0.717, 1.165) is 0 Å². The van der Waals surface area contributed by atoms with Crippen LogP contribution in [0.5, 0.6) is 0 Å². The zero-order valence-electron chi connectivity index (χ0n) is 13.4. The van der Waals surface area contributed by atoms with Crippen molar-refractivity contribution in [1.29, 1.82) is 0 Å². The molecular formula is C18H19Cl3SiTi. The molecule has 0 aliphatic heterocycles. The summed E-state index contributed by atoms with van der Waals surface area (Å²) >= 11 is 0. The average molecular weight is 418 g/mol. The summed E-state index contributed by atoms with van der Waals surface area (Å²) in [6.07, 6.45) is 3.57. The van der Waals surface area contributed by atoms with Crippen LogP contribution < -0.4 is 42.4 Å². The van der Waals surface area contributed by atoms with Crippen LogP contribution in [0.2, 0.25) is 13.1 Å². The number of allylic oxidation sites excluding steroid dienone is 1. The van der Waals surface area contributed by atoms with Crippen LogP contribution in [-0.2, 0) is 21.7 Å². The molecule has 0 saturated carbocycles. The summed E-state index contributed by atoms with van der Waals surface area (Å²) in [5.41, 5.74) is 4.73. The summed E-state index contributed by atoms with van der Waals surface area (Å²) in [6.45, 7) is 7.18. The standard InChI is InChI=1S/C18H19Si.3ClH.Ti/c1-14-13-15-9-7-8-12-17(15)18(14)19(2,3)16-10-5-4-6-11-16;;;;/h4-12,18H,1-3H3;3*1H;/q-1;;;;+4/p-3. The maximum atomic E-state index is 3.57. The monoisotopic (exact) mass is 416 g/mol. The van der Waals surface area contributed by atoms with Gasteiger partial charge >= 0.3 is 21.7 Å². The summed E-state index contributed by atoms with van der Waals surface area (Å²) in [6, 6.07) is 19.7. The summed E-state index contributed by atoms with van der Waals surface area (Å²) in [5, 5.41) is 1.53. The van der Waals surface area contributed by atoms with Crippen LogP contribution in [0.1, 0.15) is 23.6 Å². The van der Waals surface area contributed by atoms with Crippen molar-refractivity contribution in [2.45, 2.75) is 25.6 Å². The normalized spacial score (nSPS) is 14.9. The van der Waals surface area contributed by atoms with Gasteiger partial charge in [0.15, 0.2) is 0 Å². The van der Waals surface area contributed by atoms with Gasteiger partial charge in [0.25, 0.3) is 0 Å². The molecule has 23 heavy (non-hydrogen) atoms. The Balaban J connectivity index is 0. The van der Waals surface area contributed by atoms with Gasteiger partial charge in [-0.2, -0.15) is 17.7 Å². The molecule has 0 saturated heterocycles. The van der Waals surface area contributed by atoms with Crippen LogP contribution >= 0.6 is 0 Å². The maximum absolute atomic E-state index is 3.57. The molecule has 2 aromatic carbocycles. The smallest absolute Gasteiger partial charge is 1.00 e. The third kappa shape index (κ3) is 4.75. The Morgan fingerprint density at radius 1 is 0.826 bits per heavy atom. The Kier molecular flexibility index (Phi) is 11.1. The quantitative estimate of drug-likeness (QED) is 0.339. The van der Waals surface area contributed by atoms with Crippen LogP contribution in [0, 0.1) is 6.08 Å². The van der Waals surface area contributed by atoms with E-state index < -0.39 is 8.07 Å². The molecular weight excluding hydrogens is 399 g/mol. The third-order valence-electron chi connectivity index (χ3n) is 4.28. The van der Waals surface area contributed by atoms with Gasteiger partial charge in [0.2, 0.25) is 0 Å². The van der Waals surface area contributed by atoms with Crippen LogP contribution in [-0.4, -0.2) is 8.07 Å². The second-order valence-electron chi connectivity index (χ2n) is 5.92. The second kappa shape index (κ2) is 10.1. The summed E-state index contributed by atoms with van der Waals surface area (Å²) in [7, 11) is -1.56. The zero-order valence-corrected chi connectivity index (χ0v) is 18.2. The van der Waals surface area contributed by atoms with Crippen molar-refractivity contribution in [3.05, 3.63) is 77.4 Å². The predicted molar refractivity (Wildman–Crippen MR) is 84.3 cm³/mol. The Hall–Kier alpha value is -0.0188. The fraction of sp³-hybridized carbons (Fsp3) is 0.222. The van der Waals surface area contributed by atoms with E-state index in [0.29, 0.717) is 5.54 Å². The van der Waals surface area contributed by atoms with Gasteiger partial charge in [0.05, 0.1) is 8.07 Å². The minimum absolute atomic E-state index is 0. The van der Waals surface area contributed by atoms with Gasteiger partial charge in [-0.25, -0.2) is 0 Å². The number of halogens is 3. The molecule has 120 valence electrons. The Morgan fingerprint density at radius 3 is 1.96 bits per heavy atom. The van der Waals surface area contributed by atoms with Crippen LogP contribution in [0.15, 0.2) is 60.2 Å².